The molecule has 2 aromatic carbocycles. The topological polar surface area (TPSA) is 116 Å². The highest BCUT2D eigenvalue weighted by molar-refractivity contribution is 5.64. The van der Waals surface area contributed by atoms with Gasteiger partial charge in [0.05, 0.1) is 36.7 Å². The van der Waals surface area contributed by atoms with Gasteiger partial charge in [0.25, 0.3) is 0 Å². The number of halogens is 1. The maximum atomic E-state index is 15.0. The number of aromatic nitrogens is 4. The van der Waals surface area contributed by atoms with Gasteiger partial charge in [0.2, 0.25) is 5.95 Å². The van der Waals surface area contributed by atoms with E-state index in [1.54, 1.807) is 41.6 Å². The Morgan fingerprint density at radius 2 is 1.82 bits per heavy atom. The van der Waals surface area contributed by atoms with E-state index in [1.807, 2.05) is 18.2 Å². The first-order valence-electron chi connectivity index (χ1n) is 15.3. The number of nitrogens with one attached hydrogen (secondary N) is 1. The highest BCUT2D eigenvalue weighted by atomic mass is 19.1. The van der Waals surface area contributed by atoms with Gasteiger partial charge >= 0.3 is 0 Å². The molecule has 3 aliphatic heterocycles. The van der Waals surface area contributed by atoms with Gasteiger partial charge in [-0.05, 0) is 54.6 Å². The number of ether oxygens (including phenoxy) is 2. The van der Waals surface area contributed by atoms with E-state index in [-0.39, 0.29) is 12.5 Å². The van der Waals surface area contributed by atoms with E-state index < -0.39 is 6.30 Å². The van der Waals surface area contributed by atoms with Crippen molar-refractivity contribution in [2.45, 2.75) is 31.3 Å². The van der Waals surface area contributed by atoms with Crippen LogP contribution in [0.5, 0.6) is 5.75 Å². The third kappa shape index (κ3) is 6.50. The van der Waals surface area contributed by atoms with Crippen LogP contribution in [-0.2, 0) is 4.74 Å². The Kier molecular flexibility index (Phi) is 8.35. The number of rotatable bonds is 8. The van der Waals surface area contributed by atoms with Crippen LogP contribution in [0.15, 0.2) is 73.3 Å². The van der Waals surface area contributed by atoms with E-state index in [1.165, 1.54) is 12.0 Å². The second-order valence-electron chi connectivity index (χ2n) is 11.4. The third-order valence-electron chi connectivity index (χ3n) is 8.63. The first-order valence-corrected chi connectivity index (χ1v) is 15.3. The van der Waals surface area contributed by atoms with Gasteiger partial charge in [-0.2, -0.15) is 10.2 Å². The molecule has 7 rings (SSSR count). The molecule has 1 unspecified atom stereocenters. The fourth-order valence-corrected chi connectivity index (χ4v) is 6.01. The molecule has 5 heterocycles. The summed E-state index contributed by atoms with van der Waals surface area (Å²) in [4.78, 5) is 23.9. The normalized spacial score (nSPS) is 20.7. The number of anilines is 4. The summed E-state index contributed by atoms with van der Waals surface area (Å²) in [6.07, 6.45) is 4.04. The zero-order valence-electron chi connectivity index (χ0n) is 24.8. The van der Waals surface area contributed by atoms with Crippen LogP contribution < -0.4 is 19.9 Å². The number of alkyl halides is 1. The van der Waals surface area contributed by atoms with Crippen molar-refractivity contribution in [1.29, 1.82) is 5.26 Å². The summed E-state index contributed by atoms with van der Waals surface area (Å²) in [7, 11) is 0. The van der Waals surface area contributed by atoms with Gasteiger partial charge in [0, 0.05) is 68.7 Å². The van der Waals surface area contributed by atoms with Crippen LogP contribution in [0.1, 0.15) is 18.4 Å². The molecule has 3 fully saturated rings. The van der Waals surface area contributed by atoms with Crippen LogP contribution in [0.25, 0.3) is 11.4 Å². The van der Waals surface area contributed by atoms with Crippen molar-refractivity contribution in [3.63, 3.8) is 0 Å². The Morgan fingerprint density at radius 3 is 2.53 bits per heavy atom. The zero-order valence-corrected chi connectivity index (χ0v) is 24.8. The predicted octanol–water partition coefficient (Wildman–Crippen LogP) is 4.41. The Hall–Kier alpha value is -4.86. The molecule has 4 aromatic rings. The van der Waals surface area contributed by atoms with Crippen LogP contribution >= 0.6 is 0 Å². The number of nitrogens with zero attached hydrogens (tertiary/aromatic N) is 8. The summed E-state index contributed by atoms with van der Waals surface area (Å²) in [5.74, 6) is 1.24. The van der Waals surface area contributed by atoms with Crippen LogP contribution in [0.2, 0.25) is 0 Å². The second-order valence-corrected chi connectivity index (χ2v) is 11.4. The summed E-state index contributed by atoms with van der Waals surface area (Å²) in [5, 5.41) is 13.1. The molecule has 0 radical (unpaired) electrons. The van der Waals surface area contributed by atoms with E-state index in [4.69, 9.17) is 9.47 Å². The maximum absolute atomic E-state index is 15.0. The molecule has 3 aliphatic rings. The summed E-state index contributed by atoms with van der Waals surface area (Å²) in [6, 6.07) is 19.9. The van der Waals surface area contributed by atoms with E-state index in [9.17, 15) is 5.26 Å². The number of nitriles is 1. The first kappa shape index (κ1) is 28.9. The Balaban J connectivity index is 0.971. The summed E-state index contributed by atoms with van der Waals surface area (Å²) >= 11 is 0. The maximum Gasteiger partial charge on any atom is 0.230 e. The predicted molar refractivity (Wildman–Crippen MR) is 168 cm³/mol. The number of benzene rings is 2. The average Bonchev–Trinajstić information content (AvgIpc) is 3.05. The van der Waals surface area contributed by atoms with Gasteiger partial charge < -0.3 is 24.6 Å². The SMILES string of the molecule is N#Cc1cc(-c2ncnc(Nc3ccc(N4CCN(C5COC5)CC4)cc3)n2)ccc1O[C@H]1CCN(c2cccnc2)C(F)C1. The van der Waals surface area contributed by atoms with Crippen LogP contribution in [0.4, 0.5) is 27.4 Å². The minimum atomic E-state index is -1.20. The lowest BCUT2D eigenvalue weighted by molar-refractivity contribution is -0.0660. The van der Waals surface area contributed by atoms with E-state index in [0.29, 0.717) is 47.7 Å². The highest BCUT2D eigenvalue weighted by Crippen LogP contribution is 2.31. The molecule has 0 spiro atoms. The fraction of sp³-hybridized carbons (Fsp3) is 0.364. The summed E-state index contributed by atoms with van der Waals surface area (Å²) < 4.78 is 26.5. The number of piperidine rings is 1. The second kappa shape index (κ2) is 13.0. The molecule has 0 bridgehead atoms. The molecule has 11 nitrogen and oxygen atoms in total. The number of pyridine rings is 1. The standard InChI is InChI=1S/C33H34FN9O2/c34-31-17-29(9-11-43(31)27-2-1-10-36-19-27)45-30-8-3-23(16-24(30)18-35)32-37-22-38-33(40-32)39-25-4-6-26(7-5-25)41-12-14-42(15-13-41)28-20-44-21-28/h1-8,10,16,19,22,28-29,31H,9,11-15,17,20-21H2,(H,37,38,39,40)/t29-,31?/m0/s1. The molecule has 230 valence electrons. The van der Waals surface area contributed by atoms with Gasteiger partial charge in [0.1, 0.15) is 24.3 Å². The Bertz CT molecular complexity index is 1640. The van der Waals surface area contributed by atoms with E-state index in [0.717, 1.165) is 50.8 Å². The molecule has 12 heteroatoms. The smallest absolute Gasteiger partial charge is 0.230 e. The van der Waals surface area contributed by atoms with Gasteiger partial charge in [0.15, 0.2) is 12.1 Å². The summed E-state index contributed by atoms with van der Waals surface area (Å²) in [6.45, 7) is 6.29. The van der Waals surface area contributed by atoms with Crippen LogP contribution in [0, 0.1) is 11.3 Å². The van der Waals surface area contributed by atoms with Gasteiger partial charge in [-0.25, -0.2) is 14.4 Å². The average molecular weight is 608 g/mol. The minimum Gasteiger partial charge on any atom is -0.489 e. The van der Waals surface area contributed by atoms with Crippen molar-refractivity contribution in [2.75, 3.05) is 61.1 Å². The Labute approximate surface area is 261 Å². The number of piperazine rings is 1. The molecular weight excluding hydrogens is 573 g/mol. The molecule has 3 saturated heterocycles. The van der Waals surface area contributed by atoms with Gasteiger partial charge in [-0.3, -0.25) is 9.88 Å². The molecule has 0 saturated carbocycles. The molecule has 0 aliphatic carbocycles. The number of hydrogen-bond donors (Lipinski definition) is 1. The third-order valence-corrected chi connectivity index (χ3v) is 8.63. The van der Waals surface area contributed by atoms with Crippen LogP contribution in [0.3, 0.4) is 0 Å². The molecule has 2 aromatic heterocycles. The van der Waals surface area contributed by atoms with Crippen molar-refractivity contribution < 1.29 is 13.9 Å². The summed E-state index contributed by atoms with van der Waals surface area (Å²) in [5.41, 5.74) is 3.79. The number of hydrogen-bond acceptors (Lipinski definition) is 11. The largest absolute Gasteiger partial charge is 0.489 e. The molecular formula is C33H34FN9O2. The lowest BCUT2D eigenvalue weighted by Gasteiger charge is -2.43. The zero-order chi connectivity index (χ0) is 30.6. The van der Waals surface area contributed by atoms with Crippen LogP contribution in [-0.4, -0.2) is 89.2 Å². The van der Waals surface area contributed by atoms with Crippen molar-refractivity contribution in [1.82, 2.24) is 24.8 Å². The van der Waals surface area contributed by atoms with Gasteiger partial charge in [-0.15, -0.1) is 0 Å². The quantitative estimate of drug-likeness (QED) is 0.287. The minimum absolute atomic E-state index is 0.192. The molecule has 2 atom stereocenters. The monoisotopic (exact) mass is 607 g/mol. The first-order chi connectivity index (χ1) is 22.1. The van der Waals surface area contributed by atoms with Crippen molar-refractivity contribution >= 4 is 23.0 Å². The fourth-order valence-electron chi connectivity index (χ4n) is 6.01. The lowest BCUT2D eigenvalue weighted by Crippen LogP contribution is -2.56. The molecule has 45 heavy (non-hydrogen) atoms. The molecule has 1 N–H and O–H groups in total. The molecule has 0 amide bonds. The Morgan fingerprint density at radius 1 is 0.978 bits per heavy atom. The van der Waals surface area contributed by atoms with Gasteiger partial charge in [-0.1, -0.05) is 0 Å². The van der Waals surface area contributed by atoms with E-state index >= 15 is 4.39 Å². The lowest BCUT2D eigenvalue weighted by atomic mass is 10.1. The highest BCUT2D eigenvalue weighted by Gasteiger charge is 2.31. The van der Waals surface area contributed by atoms with Crippen molar-refractivity contribution in [3.05, 3.63) is 78.9 Å². The van der Waals surface area contributed by atoms with E-state index in [2.05, 4.69) is 53.3 Å². The van der Waals surface area contributed by atoms with Crippen molar-refractivity contribution in [2.24, 2.45) is 0 Å². The van der Waals surface area contributed by atoms with Crippen molar-refractivity contribution in [3.8, 4) is 23.2 Å².